The van der Waals surface area contributed by atoms with Crippen LogP contribution in [0.15, 0.2) is 42.9 Å². The fraction of sp³-hybridized carbons (Fsp3) is 0.333. The molecule has 0 aliphatic carbocycles. The van der Waals surface area contributed by atoms with Crippen LogP contribution in [0, 0.1) is 0 Å². The predicted octanol–water partition coefficient (Wildman–Crippen LogP) is 1.93. The number of hydrogen-bond acceptors (Lipinski definition) is 6. The maximum atomic E-state index is 12.9. The molecule has 1 aromatic carbocycles. The molecule has 8 nitrogen and oxygen atoms in total. The molecule has 0 N–H and O–H groups in total. The molecule has 1 amide bonds. The molecule has 0 saturated heterocycles. The lowest BCUT2D eigenvalue weighted by Gasteiger charge is -2.28. The van der Waals surface area contributed by atoms with E-state index in [4.69, 9.17) is 9.47 Å². The van der Waals surface area contributed by atoms with E-state index in [0.29, 0.717) is 32.0 Å². The van der Waals surface area contributed by atoms with Crippen molar-refractivity contribution in [2.75, 3.05) is 13.7 Å². The Kier molecular flexibility index (Phi) is 5.41. The van der Waals surface area contributed by atoms with Crippen LogP contribution in [0.1, 0.15) is 22.5 Å². The fourth-order valence-electron chi connectivity index (χ4n) is 3.57. The van der Waals surface area contributed by atoms with Crippen LogP contribution in [-0.4, -0.2) is 44.2 Å². The number of nitrogens with zero attached hydrogens (tertiary/aromatic N) is 5. The normalized spacial score (nSPS) is 13.1. The van der Waals surface area contributed by atoms with E-state index in [-0.39, 0.29) is 5.91 Å². The van der Waals surface area contributed by atoms with E-state index in [1.54, 1.807) is 25.7 Å². The summed E-state index contributed by atoms with van der Waals surface area (Å²) in [7, 11) is 3.55. The third kappa shape index (κ3) is 4.21. The SMILES string of the molecule is COc1cccc(CC(=O)N2CCc3c(c(COc4cnccn4)nn3C)C2)c1. The minimum atomic E-state index is 0.0913. The molecule has 0 radical (unpaired) electrons. The van der Waals surface area contributed by atoms with E-state index in [1.807, 2.05) is 40.9 Å². The number of benzene rings is 1. The van der Waals surface area contributed by atoms with Crippen LogP contribution >= 0.6 is 0 Å². The summed E-state index contributed by atoms with van der Waals surface area (Å²) in [6.07, 6.45) is 5.87. The van der Waals surface area contributed by atoms with E-state index in [2.05, 4.69) is 15.1 Å². The van der Waals surface area contributed by atoms with Crippen LogP contribution in [0.3, 0.4) is 0 Å². The summed E-state index contributed by atoms with van der Waals surface area (Å²) in [6.45, 7) is 1.50. The van der Waals surface area contributed by atoms with Gasteiger partial charge in [-0.15, -0.1) is 0 Å². The Morgan fingerprint density at radius 1 is 1.28 bits per heavy atom. The van der Waals surface area contributed by atoms with E-state index < -0.39 is 0 Å². The molecular formula is C21H23N5O3. The molecule has 0 unspecified atom stereocenters. The molecule has 3 aromatic rings. The first-order valence-electron chi connectivity index (χ1n) is 9.47. The van der Waals surface area contributed by atoms with Gasteiger partial charge in [0.1, 0.15) is 18.1 Å². The van der Waals surface area contributed by atoms with Gasteiger partial charge in [-0.25, -0.2) is 4.98 Å². The smallest absolute Gasteiger partial charge is 0.232 e. The van der Waals surface area contributed by atoms with Gasteiger partial charge in [0.05, 0.1) is 19.7 Å². The zero-order chi connectivity index (χ0) is 20.2. The van der Waals surface area contributed by atoms with Gasteiger partial charge in [-0.3, -0.25) is 14.5 Å². The number of carbonyl (C=O) groups is 1. The summed E-state index contributed by atoms with van der Waals surface area (Å²) in [5.74, 6) is 1.30. The fourth-order valence-corrected chi connectivity index (χ4v) is 3.57. The zero-order valence-electron chi connectivity index (χ0n) is 16.5. The number of methoxy groups -OCH3 is 1. The molecule has 1 aliphatic rings. The molecule has 4 rings (SSSR count). The van der Waals surface area contributed by atoms with Crippen molar-refractivity contribution in [3.8, 4) is 11.6 Å². The van der Waals surface area contributed by atoms with Gasteiger partial charge in [-0.05, 0) is 17.7 Å². The van der Waals surface area contributed by atoms with Crippen molar-refractivity contribution < 1.29 is 14.3 Å². The molecule has 0 saturated carbocycles. The predicted molar refractivity (Wildman–Crippen MR) is 105 cm³/mol. The van der Waals surface area contributed by atoms with Crippen molar-refractivity contribution in [2.45, 2.75) is 26.0 Å². The summed E-state index contributed by atoms with van der Waals surface area (Å²) in [6, 6.07) is 7.62. The Bertz CT molecular complexity index is 1000. The summed E-state index contributed by atoms with van der Waals surface area (Å²) in [4.78, 5) is 22.9. The Labute approximate surface area is 169 Å². The number of rotatable bonds is 6. The van der Waals surface area contributed by atoms with Gasteiger partial charge in [0.15, 0.2) is 0 Å². The van der Waals surface area contributed by atoms with Crippen LogP contribution in [-0.2, 0) is 37.8 Å². The topological polar surface area (TPSA) is 82.4 Å². The van der Waals surface area contributed by atoms with Gasteiger partial charge >= 0.3 is 0 Å². The maximum Gasteiger partial charge on any atom is 0.232 e. The first-order valence-corrected chi connectivity index (χ1v) is 9.47. The Balaban J connectivity index is 1.46. The second kappa shape index (κ2) is 8.30. The number of hydrogen-bond donors (Lipinski definition) is 0. The Hall–Kier alpha value is -3.42. The average molecular weight is 393 g/mol. The Morgan fingerprint density at radius 2 is 2.17 bits per heavy atom. The number of carbonyl (C=O) groups excluding carboxylic acids is 1. The van der Waals surface area contributed by atoms with Crippen LogP contribution in [0.2, 0.25) is 0 Å². The maximum absolute atomic E-state index is 12.9. The molecule has 1 aliphatic heterocycles. The number of fused-ring (bicyclic) bond motifs is 1. The number of ether oxygens (including phenoxy) is 2. The number of aryl methyl sites for hydroxylation is 1. The molecule has 2 aromatic heterocycles. The third-order valence-electron chi connectivity index (χ3n) is 5.06. The van der Waals surface area contributed by atoms with Gasteiger partial charge in [-0.1, -0.05) is 12.1 Å². The highest BCUT2D eigenvalue weighted by atomic mass is 16.5. The summed E-state index contributed by atoms with van der Waals surface area (Å²) >= 11 is 0. The first kappa shape index (κ1) is 18.9. The van der Waals surface area contributed by atoms with Crippen molar-refractivity contribution in [1.29, 1.82) is 0 Å². The largest absolute Gasteiger partial charge is 0.497 e. The Morgan fingerprint density at radius 3 is 2.97 bits per heavy atom. The highest BCUT2D eigenvalue weighted by molar-refractivity contribution is 5.79. The molecule has 8 heteroatoms. The van der Waals surface area contributed by atoms with Crippen molar-refractivity contribution in [3.63, 3.8) is 0 Å². The summed E-state index contributed by atoms with van der Waals surface area (Å²) in [5, 5.41) is 4.60. The number of aromatic nitrogens is 4. The average Bonchev–Trinajstić information content (AvgIpc) is 3.08. The van der Waals surface area contributed by atoms with Gasteiger partial charge < -0.3 is 14.4 Å². The quantitative estimate of drug-likeness (QED) is 0.636. The summed E-state index contributed by atoms with van der Waals surface area (Å²) in [5.41, 5.74) is 3.97. The standard InChI is InChI=1S/C21H23N5O3/c1-25-19-6-9-26(21(27)11-15-4-3-5-16(10-15)28-2)13-17(19)18(24-25)14-29-20-12-22-7-8-23-20/h3-5,7-8,10,12H,6,9,11,13-14H2,1-2H3. The van der Waals surface area contributed by atoms with Gasteiger partial charge in [0.2, 0.25) is 11.8 Å². The lowest BCUT2D eigenvalue weighted by Crippen LogP contribution is -2.37. The van der Waals surface area contributed by atoms with Crippen molar-refractivity contribution in [1.82, 2.24) is 24.6 Å². The molecule has 0 spiro atoms. The monoisotopic (exact) mass is 393 g/mol. The van der Waals surface area contributed by atoms with Gasteiger partial charge in [0, 0.05) is 50.2 Å². The van der Waals surface area contributed by atoms with E-state index in [0.717, 1.165) is 34.7 Å². The molecular weight excluding hydrogens is 370 g/mol. The van der Waals surface area contributed by atoms with Crippen LogP contribution in [0.5, 0.6) is 11.6 Å². The molecule has 0 atom stereocenters. The second-order valence-corrected chi connectivity index (χ2v) is 6.92. The third-order valence-corrected chi connectivity index (χ3v) is 5.06. The lowest BCUT2D eigenvalue weighted by molar-refractivity contribution is -0.131. The number of amides is 1. The van der Waals surface area contributed by atoms with Gasteiger partial charge in [-0.2, -0.15) is 5.10 Å². The zero-order valence-corrected chi connectivity index (χ0v) is 16.5. The molecule has 150 valence electrons. The van der Waals surface area contributed by atoms with E-state index in [1.165, 1.54) is 0 Å². The minimum absolute atomic E-state index is 0.0913. The second-order valence-electron chi connectivity index (χ2n) is 6.92. The van der Waals surface area contributed by atoms with Crippen molar-refractivity contribution in [2.24, 2.45) is 7.05 Å². The lowest BCUT2D eigenvalue weighted by atomic mass is 10.0. The van der Waals surface area contributed by atoms with E-state index in [9.17, 15) is 4.79 Å². The first-order chi connectivity index (χ1) is 14.1. The molecule has 29 heavy (non-hydrogen) atoms. The van der Waals surface area contributed by atoms with Gasteiger partial charge in [0.25, 0.3) is 0 Å². The highest BCUT2D eigenvalue weighted by Gasteiger charge is 2.27. The summed E-state index contributed by atoms with van der Waals surface area (Å²) < 4.78 is 12.9. The van der Waals surface area contributed by atoms with Crippen LogP contribution < -0.4 is 9.47 Å². The molecule has 0 fully saturated rings. The minimum Gasteiger partial charge on any atom is -0.497 e. The van der Waals surface area contributed by atoms with Crippen molar-refractivity contribution >= 4 is 5.91 Å². The molecule has 0 bridgehead atoms. The van der Waals surface area contributed by atoms with Crippen molar-refractivity contribution in [3.05, 3.63) is 65.4 Å². The highest BCUT2D eigenvalue weighted by Crippen LogP contribution is 2.24. The van der Waals surface area contributed by atoms with Crippen LogP contribution in [0.4, 0.5) is 0 Å². The van der Waals surface area contributed by atoms with Crippen LogP contribution in [0.25, 0.3) is 0 Å². The molecule has 3 heterocycles. The van der Waals surface area contributed by atoms with E-state index >= 15 is 0 Å².